The average Bonchev–Trinajstić information content (AvgIpc) is 2.81. The van der Waals surface area contributed by atoms with Gasteiger partial charge in [0.2, 0.25) is 0 Å². The average molecular weight is 346 g/mol. The van der Waals surface area contributed by atoms with Crippen LogP contribution in [0.3, 0.4) is 0 Å². The third kappa shape index (κ3) is 4.54. The van der Waals surface area contributed by atoms with Gasteiger partial charge in [-0.1, -0.05) is 25.0 Å². The van der Waals surface area contributed by atoms with E-state index < -0.39 is 0 Å². The van der Waals surface area contributed by atoms with Gasteiger partial charge in [0.25, 0.3) is 5.91 Å². The summed E-state index contributed by atoms with van der Waals surface area (Å²) in [5, 5.41) is 0.923. The van der Waals surface area contributed by atoms with Crippen molar-refractivity contribution in [3.8, 4) is 0 Å². The van der Waals surface area contributed by atoms with Crippen molar-refractivity contribution in [2.24, 2.45) is 0 Å². The zero-order chi connectivity index (χ0) is 16.8. The van der Waals surface area contributed by atoms with Crippen LogP contribution >= 0.6 is 11.3 Å². The lowest BCUT2D eigenvalue weighted by atomic mass is 10.2. The van der Waals surface area contributed by atoms with E-state index in [1.54, 1.807) is 11.3 Å². The predicted molar refractivity (Wildman–Crippen MR) is 93.9 cm³/mol. The molecule has 1 fully saturated rings. The normalized spacial score (nSPS) is 15.2. The molecule has 1 aromatic heterocycles. The van der Waals surface area contributed by atoms with Crippen LogP contribution in [0.4, 0.5) is 0 Å². The molecule has 6 heteroatoms. The third-order valence-electron chi connectivity index (χ3n) is 4.20. The fourth-order valence-corrected chi connectivity index (χ4v) is 3.83. The molecule has 3 rings (SSSR count). The van der Waals surface area contributed by atoms with E-state index in [2.05, 4.69) is 4.98 Å². The Kier molecular flexibility index (Phi) is 5.80. The smallest absolute Gasteiger partial charge is 0.306 e. The highest BCUT2D eigenvalue weighted by atomic mass is 32.1. The summed E-state index contributed by atoms with van der Waals surface area (Å²) in [6.45, 7) is 1.42. The topological polar surface area (TPSA) is 59.5 Å². The third-order valence-corrected chi connectivity index (χ3v) is 5.29. The Morgan fingerprint density at radius 1 is 1.12 bits per heavy atom. The number of carbonyl (C=O) groups excluding carboxylic acids is 2. The van der Waals surface area contributed by atoms with Gasteiger partial charge in [-0.25, -0.2) is 4.98 Å². The van der Waals surface area contributed by atoms with Gasteiger partial charge in [-0.2, -0.15) is 0 Å². The maximum absolute atomic E-state index is 12.1. The molecule has 24 heavy (non-hydrogen) atoms. The molecule has 0 unspecified atom stereocenters. The second-order valence-electron chi connectivity index (χ2n) is 6.03. The minimum absolute atomic E-state index is 0.0785. The first-order valence-electron chi connectivity index (χ1n) is 8.50. The second kappa shape index (κ2) is 8.24. The van der Waals surface area contributed by atoms with E-state index >= 15 is 0 Å². The number of rotatable bonds is 5. The number of nitrogens with zero attached hydrogens (tertiary/aromatic N) is 2. The molecule has 0 radical (unpaired) electrons. The van der Waals surface area contributed by atoms with Crippen LogP contribution < -0.4 is 0 Å². The van der Waals surface area contributed by atoms with Gasteiger partial charge < -0.3 is 9.64 Å². The molecule has 0 saturated carbocycles. The van der Waals surface area contributed by atoms with Crippen molar-refractivity contribution in [1.29, 1.82) is 0 Å². The van der Waals surface area contributed by atoms with Gasteiger partial charge in [-0.3, -0.25) is 9.59 Å². The number of hydrogen-bond donors (Lipinski definition) is 0. The van der Waals surface area contributed by atoms with Gasteiger partial charge >= 0.3 is 5.97 Å². The molecule has 0 atom stereocenters. The summed E-state index contributed by atoms with van der Waals surface area (Å²) in [5.74, 6) is -0.414. The number of fused-ring (bicyclic) bond motifs is 1. The van der Waals surface area contributed by atoms with Gasteiger partial charge in [0.1, 0.15) is 0 Å². The van der Waals surface area contributed by atoms with Gasteiger partial charge in [0.15, 0.2) is 6.61 Å². The molecular weight excluding hydrogens is 324 g/mol. The fourth-order valence-electron chi connectivity index (χ4n) is 2.86. The van der Waals surface area contributed by atoms with E-state index in [-0.39, 0.29) is 24.9 Å². The lowest BCUT2D eigenvalue weighted by molar-refractivity contribution is -0.152. The standard InChI is InChI=1S/C18H22N2O3S/c21-17(20-11-5-1-2-6-12-20)13-23-18(22)10-9-16-19-14-7-3-4-8-15(14)24-16/h3-4,7-8H,1-2,5-6,9-13H2. The van der Waals surface area contributed by atoms with Crippen LogP contribution in [0.15, 0.2) is 24.3 Å². The molecule has 128 valence electrons. The van der Waals surface area contributed by atoms with E-state index in [1.165, 1.54) is 12.8 Å². The molecule has 1 aromatic carbocycles. The summed E-state index contributed by atoms with van der Waals surface area (Å²) in [6.07, 6.45) is 5.23. The Balaban J connectivity index is 1.42. The van der Waals surface area contributed by atoms with E-state index in [1.807, 2.05) is 29.2 Å². The molecule has 0 aliphatic carbocycles. The molecular formula is C18H22N2O3S. The Labute approximate surface area is 145 Å². The van der Waals surface area contributed by atoms with E-state index in [4.69, 9.17) is 4.74 Å². The summed E-state index contributed by atoms with van der Waals surface area (Å²) in [4.78, 5) is 30.3. The quantitative estimate of drug-likeness (QED) is 0.780. The Bertz CT molecular complexity index is 672. The minimum atomic E-state index is -0.336. The van der Waals surface area contributed by atoms with Crippen molar-refractivity contribution in [3.05, 3.63) is 29.3 Å². The second-order valence-corrected chi connectivity index (χ2v) is 7.15. The largest absolute Gasteiger partial charge is 0.456 e. The van der Waals surface area contributed by atoms with Crippen LogP contribution in [0.5, 0.6) is 0 Å². The number of likely N-dealkylation sites (tertiary alicyclic amines) is 1. The Morgan fingerprint density at radius 2 is 1.88 bits per heavy atom. The first kappa shape index (κ1) is 16.9. The van der Waals surface area contributed by atoms with Crippen molar-refractivity contribution < 1.29 is 14.3 Å². The van der Waals surface area contributed by atoms with Crippen molar-refractivity contribution in [1.82, 2.24) is 9.88 Å². The van der Waals surface area contributed by atoms with Crippen LogP contribution in [0.1, 0.15) is 37.1 Å². The zero-order valence-electron chi connectivity index (χ0n) is 13.7. The summed E-state index contributed by atoms with van der Waals surface area (Å²) in [7, 11) is 0. The predicted octanol–water partition coefficient (Wildman–Crippen LogP) is 3.17. The van der Waals surface area contributed by atoms with Crippen LogP contribution in [-0.2, 0) is 20.7 Å². The van der Waals surface area contributed by atoms with Crippen LogP contribution in [0.25, 0.3) is 10.2 Å². The van der Waals surface area contributed by atoms with Crippen LogP contribution in [-0.4, -0.2) is 41.5 Å². The lowest BCUT2D eigenvalue weighted by Crippen LogP contribution is -2.35. The maximum atomic E-state index is 12.1. The molecule has 1 amide bonds. The monoisotopic (exact) mass is 346 g/mol. The highest BCUT2D eigenvalue weighted by Gasteiger charge is 2.17. The highest BCUT2D eigenvalue weighted by molar-refractivity contribution is 7.18. The number of aromatic nitrogens is 1. The summed E-state index contributed by atoms with van der Waals surface area (Å²) in [6, 6.07) is 7.92. The number of amides is 1. The van der Waals surface area contributed by atoms with E-state index in [0.29, 0.717) is 6.42 Å². The van der Waals surface area contributed by atoms with Gasteiger partial charge in [0, 0.05) is 19.5 Å². The van der Waals surface area contributed by atoms with Crippen molar-refractivity contribution in [2.75, 3.05) is 19.7 Å². The minimum Gasteiger partial charge on any atom is -0.456 e. The first-order chi connectivity index (χ1) is 11.7. The molecule has 5 nitrogen and oxygen atoms in total. The van der Waals surface area contributed by atoms with Crippen molar-refractivity contribution >= 4 is 33.4 Å². The number of esters is 1. The SMILES string of the molecule is O=C(CCc1nc2ccccc2s1)OCC(=O)N1CCCCCC1. The van der Waals surface area contributed by atoms with Crippen LogP contribution in [0.2, 0.25) is 0 Å². The zero-order valence-corrected chi connectivity index (χ0v) is 14.5. The number of benzene rings is 1. The van der Waals surface area contributed by atoms with Gasteiger partial charge in [-0.15, -0.1) is 11.3 Å². The number of hydrogen-bond acceptors (Lipinski definition) is 5. The number of carbonyl (C=O) groups is 2. The lowest BCUT2D eigenvalue weighted by Gasteiger charge is -2.19. The summed E-state index contributed by atoms with van der Waals surface area (Å²) in [5.41, 5.74) is 0.960. The molecule has 0 bridgehead atoms. The molecule has 2 heterocycles. The number of ether oxygens (including phenoxy) is 1. The molecule has 1 aliphatic rings. The van der Waals surface area contributed by atoms with Crippen molar-refractivity contribution in [3.63, 3.8) is 0 Å². The van der Waals surface area contributed by atoms with E-state index in [0.717, 1.165) is 41.2 Å². The molecule has 2 aromatic rings. The Morgan fingerprint density at radius 3 is 2.62 bits per heavy atom. The van der Waals surface area contributed by atoms with Crippen molar-refractivity contribution in [2.45, 2.75) is 38.5 Å². The fraction of sp³-hybridized carbons (Fsp3) is 0.500. The number of thiazole rings is 1. The maximum Gasteiger partial charge on any atom is 0.306 e. The molecule has 1 saturated heterocycles. The molecule has 0 spiro atoms. The highest BCUT2D eigenvalue weighted by Crippen LogP contribution is 2.22. The first-order valence-corrected chi connectivity index (χ1v) is 9.32. The molecule has 1 aliphatic heterocycles. The number of aryl methyl sites for hydroxylation is 1. The van der Waals surface area contributed by atoms with Gasteiger partial charge in [0.05, 0.1) is 21.6 Å². The summed E-state index contributed by atoms with van der Waals surface area (Å²) < 4.78 is 6.26. The van der Waals surface area contributed by atoms with Crippen LogP contribution in [0, 0.1) is 0 Å². The van der Waals surface area contributed by atoms with Gasteiger partial charge in [-0.05, 0) is 25.0 Å². The Hall–Kier alpha value is -1.95. The molecule has 0 N–H and O–H groups in total. The van der Waals surface area contributed by atoms with E-state index in [9.17, 15) is 9.59 Å². The summed E-state index contributed by atoms with van der Waals surface area (Å²) >= 11 is 1.59. The number of para-hydroxylation sites is 1.